The third kappa shape index (κ3) is 2.48. The monoisotopic (exact) mass is 256 g/mol. The van der Waals surface area contributed by atoms with Gasteiger partial charge in [-0.15, -0.1) is 0 Å². The number of hydrogen-bond acceptors (Lipinski definition) is 6. The van der Waals surface area contributed by atoms with Gasteiger partial charge in [-0.3, -0.25) is 4.79 Å². The second kappa shape index (κ2) is 5.30. The van der Waals surface area contributed by atoms with E-state index in [9.17, 15) is 4.79 Å². The normalized spacial score (nSPS) is 11.2. The predicted octanol–water partition coefficient (Wildman–Crippen LogP) is -0.804. The van der Waals surface area contributed by atoms with Crippen LogP contribution >= 0.6 is 11.8 Å². The average Bonchev–Trinajstić information content (AvgIpc) is 2.71. The molecule has 0 atom stereocenters. The molecule has 0 aliphatic heterocycles. The molecule has 0 aromatic carbocycles. The van der Waals surface area contributed by atoms with Crippen LogP contribution in [0.1, 0.15) is 0 Å². The predicted molar refractivity (Wildman–Crippen MR) is 63.0 cm³/mol. The van der Waals surface area contributed by atoms with Gasteiger partial charge in [0.1, 0.15) is 5.39 Å². The van der Waals surface area contributed by atoms with E-state index in [1.54, 1.807) is 0 Å². The standard InChI is InChI=1S/C9H12N4O3S/c14-2-1-13-7-6(5-10-13)8(16)12-9(11-7)17-4-3-15/h5,14-15H,1-4H2,(H,11,12,16). The molecule has 92 valence electrons. The number of fused-ring (bicyclic) bond motifs is 1. The summed E-state index contributed by atoms with van der Waals surface area (Å²) in [7, 11) is 0. The van der Waals surface area contributed by atoms with Crippen molar-refractivity contribution in [3.05, 3.63) is 16.6 Å². The van der Waals surface area contributed by atoms with Crippen molar-refractivity contribution >= 4 is 22.8 Å². The van der Waals surface area contributed by atoms with Gasteiger partial charge < -0.3 is 15.2 Å². The molecule has 0 amide bonds. The second-order valence-electron chi connectivity index (χ2n) is 3.27. The van der Waals surface area contributed by atoms with Crippen molar-refractivity contribution < 1.29 is 10.2 Å². The van der Waals surface area contributed by atoms with Gasteiger partial charge in [0.2, 0.25) is 0 Å². The molecule has 17 heavy (non-hydrogen) atoms. The quantitative estimate of drug-likeness (QED) is 0.478. The summed E-state index contributed by atoms with van der Waals surface area (Å²) >= 11 is 1.26. The number of nitrogens with zero attached hydrogens (tertiary/aromatic N) is 3. The van der Waals surface area contributed by atoms with Gasteiger partial charge in [-0.05, 0) is 0 Å². The largest absolute Gasteiger partial charge is 0.396 e. The molecule has 0 saturated carbocycles. The summed E-state index contributed by atoms with van der Waals surface area (Å²) in [6.45, 7) is 0.247. The van der Waals surface area contributed by atoms with Gasteiger partial charge >= 0.3 is 0 Å². The van der Waals surface area contributed by atoms with Crippen molar-refractivity contribution in [1.29, 1.82) is 0 Å². The first-order valence-corrected chi connectivity index (χ1v) is 6.05. The van der Waals surface area contributed by atoms with Crippen LogP contribution < -0.4 is 5.56 Å². The Balaban J connectivity index is 2.45. The SMILES string of the molecule is O=c1[nH]c(SCCO)nc2c1cnn2CCO. The molecule has 0 saturated heterocycles. The van der Waals surface area contributed by atoms with Crippen LogP contribution in [0, 0.1) is 0 Å². The van der Waals surface area contributed by atoms with E-state index >= 15 is 0 Å². The Morgan fingerprint density at radius 3 is 2.94 bits per heavy atom. The van der Waals surface area contributed by atoms with Crippen molar-refractivity contribution in [1.82, 2.24) is 19.7 Å². The number of aliphatic hydroxyl groups is 2. The lowest BCUT2D eigenvalue weighted by molar-refractivity contribution is 0.271. The summed E-state index contributed by atoms with van der Waals surface area (Å²) in [5.41, 5.74) is 0.183. The summed E-state index contributed by atoms with van der Waals surface area (Å²) in [5.74, 6) is 0.461. The minimum atomic E-state index is -0.264. The van der Waals surface area contributed by atoms with Gasteiger partial charge in [0.25, 0.3) is 5.56 Å². The summed E-state index contributed by atoms with van der Waals surface area (Å²) < 4.78 is 1.48. The molecule has 0 fully saturated rings. The van der Waals surface area contributed by atoms with E-state index in [2.05, 4.69) is 15.1 Å². The molecule has 0 radical (unpaired) electrons. The second-order valence-corrected chi connectivity index (χ2v) is 4.36. The minimum absolute atomic E-state index is 0.0162. The van der Waals surface area contributed by atoms with Gasteiger partial charge in [-0.2, -0.15) is 5.10 Å². The fourth-order valence-corrected chi connectivity index (χ4v) is 2.02. The molecule has 7 nitrogen and oxygen atoms in total. The Kier molecular flexibility index (Phi) is 3.77. The highest BCUT2D eigenvalue weighted by Crippen LogP contribution is 2.13. The molecular weight excluding hydrogens is 244 g/mol. The van der Waals surface area contributed by atoms with Crippen LogP contribution in [-0.4, -0.2) is 48.9 Å². The van der Waals surface area contributed by atoms with Crippen LogP contribution in [0.4, 0.5) is 0 Å². The summed E-state index contributed by atoms with van der Waals surface area (Å²) in [5, 5.41) is 22.4. The fraction of sp³-hybridized carbons (Fsp3) is 0.444. The van der Waals surface area contributed by atoms with Crippen LogP contribution in [0.5, 0.6) is 0 Å². The molecule has 2 aromatic rings. The van der Waals surface area contributed by atoms with Gasteiger partial charge in [0, 0.05) is 5.75 Å². The van der Waals surface area contributed by atoms with Crippen molar-refractivity contribution in [3.63, 3.8) is 0 Å². The molecule has 8 heteroatoms. The zero-order valence-electron chi connectivity index (χ0n) is 8.96. The number of thioether (sulfide) groups is 1. The highest BCUT2D eigenvalue weighted by molar-refractivity contribution is 7.99. The highest BCUT2D eigenvalue weighted by atomic mass is 32.2. The molecule has 0 unspecified atom stereocenters. The van der Waals surface area contributed by atoms with Crippen LogP contribution in [0.2, 0.25) is 0 Å². The first-order chi connectivity index (χ1) is 8.26. The Labute approximate surface area is 100 Å². The zero-order chi connectivity index (χ0) is 12.3. The Bertz CT molecular complexity index is 565. The van der Waals surface area contributed by atoms with E-state index in [0.29, 0.717) is 28.5 Å². The van der Waals surface area contributed by atoms with Crippen molar-refractivity contribution in [2.75, 3.05) is 19.0 Å². The summed E-state index contributed by atoms with van der Waals surface area (Å²) in [6, 6.07) is 0. The zero-order valence-corrected chi connectivity index (χ0v) is 9.77. The Hall–Kier alpha value is -1.38. The maximum absolute atomic E-state index is 11.7. The Morgan fingerprint density at radius 2 is 2.24 bits per heavy atom. The van der Waals surface area contributed by atoms with E-state index in [1.807, 2.05) is 0 Å². The third-order valence-electron chi connectivity index (χ3n) is 2.13. The molecule has 0 bridgehead atoms. The lowest BCUT2D eigenvalue weighted by Crippen LogP contribution is -2.11. The van der Waals surface area contributed by atoms with E-state index in [4.69, 9.17) is 10.2 Å². The third-order valence-corrected chi connectivity index (χ3v) is 2.98. The topological polar surface area (TPSA) is 104 Å². The van der Waals surface area contributed by atoms with Crippen LogP contribution in [-0.2, 0) is 6.54 Å². The lowest BCUT2D eigenvalue weighted by Gasteiger charge is -2.01. The molecule has 2 heterocycles. The number of aromatic amines is 1. The molecule has 2 rings (SSSR count). The van der Waals surface area contributed by atoms with Gasteiger partial charge in [0.15, 0.2) is 10.8 Å². The van der Waals surface area contributed by atoms with Gasteiger partial charge in [-0.25, -0.2) is 9.67 Å². The lowest BCUT2D eigenvalue weighted by atomic mass is 10.4. The van der Waals surface area contributed by atoms with E-state index in [0.717, 1.165) is 0 Å². The summed E-state index contributed by atoms with van der Waals surface area (Å²) in [4.78, 5) is 18.5. The maximum Gasteiger partial charge on any atom is 0.262 e. The maximum atomic E-state index is 11.7. The van der Waals surface area contributed by atoms with Crippen LogP contribution in [0.25, 0.3) is 11.0 Å². The number of aromatic nitrogens is 4. The van der Waals surface area contributed by atoms with Gasteiger partial charge in [-0.1, -0.05) is 11.8 Å². The number of aliphatic hydroxyl groups excluding tert-OH is 2. The number of H-pyrrole nitrogens is 1. The Morgan fingerprint density at radius 1 is 1.41 bits per heavy atom. The van der Waals surface area contributed by atoms with E-state index in [1.165, 1.54) is 22.6 Å². The van der Waals surface area contributed by atoms with E-state index in [-0.39, 0.29) is 18.8 Å². The van der Waals surface area contributed by atoms with Crippen molar-refractivity contribution in [2.24, 2.45) is 0 Å². The molecule has 0 aliphatic carbocycles. The van der Waals surface area contributed by atoms with Gasteiger partial charge in [0.05, 0.1) is 26.0 Å². The molecular formula is C9H12N4O3S. The number of nitrogens with one attached hydrogen (secondary N) is 1. The molecule has 2 aromatic heterocycles. The average molecular weight is 256 g/mol. The van der Waals surface area contributed by atoms with Crippen molar-refractivity contribution in [2.45, 2.75) is 11.7 Å². The minimum Gasteiger partial charge on any atom is -0.396 e. The number of hydrogen-bond donors (Lipinski definition) is 3. The molecule has 0 spiro atoms. The van der Waals surface area contributed by atoms with E-state index < -0.39 is 0 Å². The fourth-order valence-electron chi connectivity index (χ4n) is 1.41. The highest BCUT2D eigenvalue weighted by Gasteiger charge is 2.09. The smallest absolute Gasteiger partial charge is 0.262 e. The molecule has 0 aliphatic rings. The van der Waals surface area contributed by atoms with Crippen LogP contribution in [0.15, 0.2) is 16.1 Å². The summed E-state index contributed by atoms with van der Waals surface area (Å²) in [6.07, 6.45) is 1.43. The first kappa shape index (κ1) is 12.1. The number of rotatable bonds is 5. The van der Waals surface area contributed by atoms with Crippen molar-refractivity contribution in [3.8, 4) is 0 Å². The van der Waals surface area contributed by atoms with Crippen LogP contribution in [0.3, 0.4) is 0 Å². The molecule has 3 N–H and O–H groups in total. The first-order valence-electron chi connectivity index (χ1n) is 5.06.